The Hall–Kier alpha value is -0.0800. The van der Waals surface area contributed by atoms with Crippen LogP contribution in [0.25, 0.3) is 0 Å². The zero-order chi connectivity index (χ0) is 8.10. The molecule has 0 aliphatic carbocycles. The molecule has 2 nitrogen and oxygen atoms in total. The predicted octanol–water partition coefficient (Wildman–Crippen LogP) is 1.18. The standard InChI is InChI=1S/C9H20N2.H2/c1-9-4-3-6-11(8-9)7-5-10-2;/h9-10H,3-8H2,1-2H3;1H. The highest BCUT2D eigenvalue weighted by molar-refractivity contribution is 4.69. The number of piperidine rings is 1. The number of likely N-dealkylation sites (N-methyl/N-ethyl adjacent to an activating group) is 1. The van der Waals surface area contributed by atoms with E-state index >= 15 is 0 Å². The monoisotopic (exact) mass is 158 g/mol. The normalized spacial score (nSPS) is 27.3. The minimum Gasteiger partial charge on any atom is -0.318 e. The van der Waals surface area contributed by atoms with Gasteiger partial charge in [-0.2, -0.15) is 0 Å². The van der Waals surface area contributed by atoms with Crippen molar-refractivity contribution in [1.29, 1.82) is 0 Å². The number of rotatable bonds is 3. The number of likely N-dealkylation sites (tertiary alicyclic amines) is 1. The van der Waals surface area contributed by atoms with Gasteiger partial charge in [0.1, 0.15) is 0 Å². The van der Waals surface area contributed by atoms with Crippen molar-refractivity contribution in [2.75, 3.05) is 33.2 Å². The summed E-state index contributed by atoms with van der Waals surface area (Å²) in [6.45, 7) is 7.33. The molecular weight excluding hydrogens is 136 g/mol. The number of nitrogens with one attached hydrogen (secondary N) is 1. The number of hydrogen-bond acceptors (Lipinski definition) is 2. The Balaban J connectivity index is 0.00000121. The third kappa shape index (κ3) is 3.21. The van der Waals surface area contributed by atoms with E-state index in [9.17, 15) is 0 Å². The van der Waals surface area contributed by atoms with Crippen LogP contribution >= 0.6 is 0 Å². The van der Waals surface area contributed by atoms with E-state index in [1.165, 1.54) is 32.5 Å². The van der Waals surface area contributed by atoms with E-state index < -0.39 is 0 Å². The quantitative estimate of drug-likeness (QED) is 0.663. The summed E-state index contributed by atoms with van der Waals surface area (Å²) in [5, 5.41) is 3.19. The first-order chi connectivity index (χ1) is 5.33. The van der Waals surface area contributed by atoms with Gasteiger partial charge in [0.25, 0.3) is 0 Å². The lowest BCUT2D eigenvalue weighted by atomic mass is 10.0. The molecule has 0 aromatic heterocycles. The van der Waals surface area contributed by atoms with E-state index in [1.807, 2.05) is 7.05 Å². The average molecular weight is 158 g/mol. The Kier molecular flexibility index (Phi) is 3.87. The maximum Gasteiger partial charge on any atom is 0.0107 e. The molecule has 0 aromatic carbocycles. The van der Waals surface area contributed by atoms with Gasteiger partial charge < -0.3 is 10.2 Å². The zero-order valence-corrected chi connectivity index (χ0v) is 7.77. The first-order valence-corrected chi connectivity index (χ1v) is 4.70. The van der Waals surface area contributed by atoms with E-state index in [4.69, 9.17) is 0 Å². The fourth-order valence-corrected chi connectivity index (χ4v) is 1.76. The van der Waals surface area contributed by atoms with Crippen LogP contribution in [0.4, 0.5) is 0 Å². The fourth-order valence-electron chi connectivity index (χ4n) is 1.76. The Morgan fingerprint density at radius 2 is 2.45 bits per heavy atom. The van der Waals surface area contributed by atoms with Crippen LogP contribution in [-0.2, 0) is 0 Å². The van der Waals surface area contributed by atoms with Crippen molar-refractivity contribution in [3.63, 3.8) is 0 Å². The van der Waals surface area contributed by atoms with E-state index in [-0.39, 0.29) is 1.43 Å². The van der Waals surface area contributed by atoms with Gasteiger partial charge in [-0.1, -0.05) is 6.92 Å². The SMILES string of the molecule is CNCCN1CCCC(C)C1.[HH]. The lowest BCUT2D eigenvalue weighted by Gasteiger charge is -2.30. The second-order valence-electron chi connectivity index (χ2n) is 3.65. The highest BCUT2D eigenvalue weighted by atomic mass is 15.1. The van der Waals surface area contributed by atoms with Gasteiger partial charge in [-0.3, -0.25) is 0 Å². The largest absolute Gasteiger partial charge is 0.318 e. The second kappa shape index (κ2) is 4.73. The van der Waals surface area contributed by atoms with Crippen LogP contribution in [-0.4, -0.2) is 38.1 Å². The molecule has 1 aliphatic rings. The lowest BCUT2D eigenvalue weighted by molar-refractivity contribution is 0.185. The van der Waals surface area contributed by atoms with Gasteiger partial charge in [0.2, 0.25) is 0 Å². The molecule has 1 aliphatic heterocycles. The van der Waals surface area contributed by atoms with Gasteiger partial charge in [-0.25, -0.2) is 0 Å². The highest BCUT2D eigenvalue weighted by Crippen LogP contribution is 2.14. The fraction of sp³-hybridized carbons (Fsp3) is 1.00. The average Bonchev–Trinajstić information content (AvgIpc) is 2.01. The molecule has 1 unspecified atom stereocenters. The predicted molar refractivity (Wildman–Crippen MR) is 50.9 cm³/mol. The third-order valence-electron chi connectivity index (χ3n) is 2.42. The number of nitrogens with zero attached hydrogens (tertiary/aromatic N) is 1. The van der Waals surface area contributed by atoms with Crippen LogP contribution in [0.5, 0.6) is 0 Å². The lowest BCUT2D eigenvalue weighted by Crippen LogP contribution is -2.38. The minimum absolute atomic E-state index is 0. The maximum atomic E-state index is 3.19. The minimum atomic E-state index is 0. The molecule has 68 valence electrons. The van der Waals surface area contributed by atoms with Crippen LogP contribution in [0.2, 0.25) is 0 Å². The van der Waals surface area contributed by atoms with Gasteiger partial charge >= 0.3 is 0 Å². The van der Waals surface area contributed by atoms with Crippen LogP contribution in [0.15, 0.2) is 0 Å². The molecule has 1 heterocycles. The maximum absolute atomic E-state index is 3.19. The molecule has 0 amide bonds. The molecule has 1 rings (SSSR count). The van der Waals surface area contributed by atoms with Gasteiger partial charge in [-0.15, -0.1) is 0 Å². The Labute approximate surface area is 71.4 Å². The molecule has 1 atom stereocenters. The molecule has 0 radical (unpaired) electrons. The van der Waals surface area contributed by atoms with Crippen LogP contribution < -0.4 is 5.32 Å². The molecular formula is C9H22N2. The highest BCUT2D eigenvalue weighted by Gasteiger charge is 2.14. The molecule has 1 fully saturated rings. The molecule has 1 N–H and O–H groups in total. The molecule has 0 spiro atoms. The summed E-state index contributed by atoms with van der Waals surface area (Å²) in [5.41, 5.74) is 0. The summed E-state index contributed by atoms with van der Waals surface area (Å²) in [4.78, 5) is 2.56. The van der Waals surface area contributed by atoms with Crippen molar-refractivity contribution in [3.05, 3.63) is 0 Å². The Morgan fingerprint density at radius 3 is 3.09 bits per heavy atom. The van der Waals surface area contributed by atoms with E-state index in [2.05, 4.69) is 17.1 Å². The summed E-state index contributed by atoms with van der Waals surface area (Å²) >= 11 is 0. The van der Waals surface area contributed by atoms with Gasteiger partial charge in [-0.05, 0) is 32.4 Å². The Morgan fingerprint density at radius 1 is 1.64 bits per heavy atom. The van der Waals surface area contributed by atoms with Gasteiger partial charge in [0.05, 0.1) is 0 Å². The first-order valence-electron chi connectivity index (χ1n) is 4.70. The van der Waals surface area contributed by atoms with Crippen molar-refractivity contribution < 1.29 is 1.43 Å². The van der Waals surface area contributed by atoms with Crippen LogP contribution in [0.3, 0.4) is 0 Å². The van der Waals surface area contributed by atoms with Crippen molar-refractivity contribution in [1.82, 2.24) is 10.2 Å². The van der Waals surface area contributed by atoms with Crippen molar-refractivity contribution in [2.24, 2.45) is 5.92 Å². The molecule has 2 heteroatoms. The third-order valence-corrected chi connectivity index (χ3v) is 2.42. The van der Waals surface area contributed by atoms with E-state index in [1.54, 1.807) is 0 Å². The smallest absolute Gasteiger partial charge is 0.0107 e. The molecule has 0 aromatic rings. The molecule has 0 bridgehead atoms. The van der Waals surface area contributed by atoms with Gasteiger partial charge in [0.15, 0.2) is 0 Å². The summed E-state index contributed by atoms with van der Waals surface area (Å²) in [6.07, 6.45) is 2.82. The topological polar surface area (TPSA) is 15.3 Å². The molecule has 11 heavy (non-hydrogen) atoms. The summed E-state index contributed by atoms with van der Waals surface area (Å²) in [7, 11) is 2.02. The molecule has 0 saturated carbocycles. The van der Waals surface area contributed by atoms with E-state index in [0.29, 0.717) is 0 Å². The van der Waals surface area contributed by atoms with Crippen molar-refractivity contribution in [2.45, 2.75) is 19.8 Å². The summed E-state index contributed by atoms with van der Waals surface area (Å²) < 4.78 is 0. The summed E-state index contributed by atoms with van der Waals surface area (Å²) in [5.74, 6) is 0.917. The van der Waals surface area contributed by atoms with Crippen molar-refractivity contribution >= 4 is 0 Å². The zero-order valence-electron chi connectivity index (χ0n) is 7.77. The molecule has 1 saturated heterocycles. The van der Waals surface area contributed by atoms with E-state index in [0.717, 1.165) is 12.5 Å². The number of hydrogen-bond donors (Lipinski definition) is 1. The summed E-state index contributed by atoms with van der Waals surface area (Å²) in [6, 6.07) is 0. The van der Waals surface area contributed by atoms with Crippen molar-refractivity contribution in [3.8, 4) is 0 Å². The second-order valence-corrected chi connectivity index (χ2v) is 3.65. The van der Waals surface area contributed by atoms with Crippen LogP contribution in [0, 0.1) is 5.92 Å². The van der Waals surface area contributed by atoms with Crippen LogP contribution in [0.1, 0.15) is 21.2 Å². The van der Waals surface area contributed by atoms with Gasteiger partial charge in [0, 0.05) is 21.1 Å². The Bertz CT molecular complexity index is 109. The first kappa shape index (κ1) is 9.01.